The number of carbonyl (C=O) groups is 1. The Morgan fingerprint density at radius 2 is 1.88 bits per heavy atom. The molecule has 0 unspecified atom stereocenters. The highest BCUT2D eigenvalue weighted by Gasteiger charge is 2.50. The molecule has 1 fully saturated rings. The number of aryl methyl sites for hydroxylation is 2. The van der Waals surface area contributed by atoms with Gasteiger partial charge < -0.3 is 9.26 Å². The number of benzene rings is 2. The molecule has 7 nitrogen and oxygen atoms in total. The van der Waals surface area contributed by atoms with Crippen LogP contribution in [0.25, 0.3) is 17.3 Å². The molecule has 2 aromatic heterocycles. The molecule has 2 aromatic carbocycles. The Labute approximate surface area is 194 Å². The second-order valence-corrected chi connectivity index (χ2v) is 8.48. The van der Waals surface area contributed by atoms with Crippen LogP contribution in [0.5, 0.6) is 0 Å². The third-order valence-electron chi connectivity index (χ3n) is 6.31. The molecule has 0 amide bonds. The molecule has 0 aliphatic heterocycles. The van der Waals surface area contributed by atoms with Gasteiger partial charge in [-0.05, 0) is 61.6 Å². The van der Waals surface area contributed by atoms with E-state index in [1.54, 1.807) is 25.1 Å². The average molecular weight is 464 g/mol. The number of nitrogens with zero attached hydrogens (tertiary/aromatic N) is 4. The van der Waals surface area contributed by atoms with Gasteiger partial charge in [-0.15, -0.1) is 0 Å². The van der Waals surface area contributed by atoms with Gasteiger partial charge in [0.2, 0.25) is 0 Å². The van der Waals surface area contributed by atoms with E-state index in [1.807, 2.05) is 25.1 Å². The van der Waals surface area contributed by atoms with Crippen molar-refractivity contribution in [1.29, 1.82) is 0 Å². The number of ether oxygens (including phenoxy) is 1. The van der Waals surface area contributed by atoms with Gasteiger partial charge in [0.1, 0.15) is 11.4 Å². The van der Waals surface area contributed by atoms with Crippen LogP contribution in [0.4, 0.5) is 8.78 Å². The van der Waals surface area contributed by atoms with E-state index in [0.717, 1.165) is 24.0 Å². The highest BCUT2D eigenvalue weighted by molar-refractivity contribution is 5.91. The Balaban J connectivity index is 1.60. The largest absolute Gasteiger partial charge is 0.465 e. The summed E-state index contributed by atoms with van der Waals surface area (Å²) in [4.78, 5) is 16.8. The van der Waals surface area contributed by atoms with E-state index in [4.69, 9.17) is 9.26 Å². The van der Waals surface area contributed by atoms with Crippen molar-refractivity contribution in [1.82, 2.24) is 19.9 Å². The Morgan fingerprint density at radius 1 is 1.12 bits per heavy atom. The van der Waals surface area contributed by atoms with Crippen molar-refractivity contribution >= 4 is 5.97 Å². The van der Waals surface area contributed by atoms with Crippen molar-refractivity contribution in [3.05, 3.63) is 82.3 Å². The minimum atomic E-state index is -2.80. The normalized spacial score (nSPS) is 14.4. The van der Waals surface area contributed by atoms with Gasteiger partial charge in [-0.25, -0.2) is 18.3 Å². The zero-order chi connectivity index (χ0) is 24.0. The van der Waals surface area contributed by atoms with Crippen molar-refractivity contribution in [3.8, 4) is 17.3 Å². The number of hydrogen-bond donors (Lipinski definition) is 0. The molecule has 0 spiro atoms. The van der Waals surface area contributed by atoms with Gasteiger partial charge in [0.05, 0.1) is 23.8 Å². The molecule has 5 rings (SSSR count). The van der Waals surface area contributed by atoms with Crippen molar-refractivity contribution in [3.63, 3.8) is 0 Å². The van der Waals surface area contributed by atoms with Crippen LogP contribution in [0, 0.1) is 13.8 Å². The molecule has 0 N–H and O–H groups in total. The van der Waals surface area contributed by atoms with E-state index in [0.29, 0.717) is 22.6 Å². The van der Waals surface area contributed by atoms with E-state index < -0.39 is 18.1 Å². The number of hydrogen-bond acceptors (Lipinski definition) is 6. The zero-order valence-corrected chi connectivity index (χ0v) is 18.9. The van der Waals surface area contributed by atoms with E-state index in [9.17, 15) is 13.6 Å². The van der Waals surface area contributed by atoms with Crippen LogP contribution in [0.2, 0.25) is 0 Å². The van der Waals surface area contributed by atoms with Crippen LogP contribution in [0.1, 0.15) is 57.8 Å². The molecule has 0 atom stereocenters. The molecule has 2 heterocycles. The first-order chi connectivity index (χ1) is 16.3. The minimum absolute atomic E-state index is 0.0782. The molecular formula is C25H22F2N4O3. The van der Waals surface area contributed by atoms with Gasteiger partial charge in [0.25, 0.3) is 12.3 Å². The maximum Gasteiger partial charge on any atom is 0.338 e. The smallest absolute Gasteiger partial charge is 0.338 e. The highest BCUT2D eigenvalue weighted by Crippen LogP contribution is 2.53. The Morgan fingerprint density at radius 3 is 2.56 bits per heavy atom. The lowest BCUT2D eigenvalue weighted by Crippen LogP contribution is -2.12. The summed E-state index contributed by atoms with van der Waals surface area (Å²) in [6.07, 6.45) is -1.05. The lowest BCUT2D eigenvalue weighted by molar-refractivity contribution is 0.0600. The summed E-state index contributed by atoms with van der Waals surface area (Å²) in [6, 6.07) is 14.2. The van der Waals surface area contributed by atoms with Crippen LogP contribution < -0.4 is 0 Å². The maximum absolute atomic E-state index is 13.6. The third-order valence-corrected chi connectivity index (χ3v) is 6.31. The highest BCUT2D eigenvalue weighted by atomic mass is 19.3. The fourth-order valence-corrected chi connectivity index (χ4v) is 4.30. The van der Waals surface area contributed by atoms with Gasteiger partial charge in [0.15, 0.2) is 5.82 Å². The predicted molar refractivity (Wildman–Crippen MR) is 119 cm³/mol. The molecule has 0 radical (unpaired) electrons. The van der Waals surface area contributed by atoms with Crippen molar-refractivity contribution in [2.24, 2.45) is 0 Å². The molecule has 1 aliphatic rings. The van der Waals surface area contributed by atoms with E-state index in [-0.39, 0.29) is 17.0 Å². The third kappa shape index (κ3) is 3.57. The summed E-state index contributed by atoms with van der Waals surface area (Å²) in [7, 11) is 1.28. The second-order valence-electron chi connectivity index (χ2n) is 8.48. The first kappa shape index (κ1) is 21.9. The van der Waals surface area contributed by atoms with Gasteiger partial charge >= 0.3 is 5.97 Å². The van der Waals surface area contributed by atoms with Gasteiger partial charge in [-0.1, -0.05) is 35.5 Å². The van der Waals surface area contributed by atoms with Crippen molar-refractivity contribution in [2.75, 3.05) is 7.11 Å². The second kappa shape index (κ2) is 8.16. The molecule has 4 aromatic rings. The summed E-state index contributed by atoms with van der Waals surface area (Å²) in [5.74, 6) is 0.0628. The monoisotopic (exact) mass is 464 g/mol. The first-order valence-corrected chi connectivity index (χ1v) is 10.8. The van der Waals surface area contributed by atoms with Gasteiger partial charge in [0, 0.05) is 0 Å². The standard InChI is InChI=1S/C25H22F2N4O3/c1-14-8-9-16(12-17(14)23(32)33-3)31-20(13-19(29-31)21(26)27)22-28-24(30-34-22)25(10-11-25)18-7-5-4-6-15(18)2/h4-9,12-13,21H,10-11H2,1-3H3. The quantitative estimate of drug-likeness (QED) is 0.358. The maximum atomic E-state index is 13.6. The Kier molecular flexibility index (Phi) is 5.27. The van der Waals surface area contributed by atoms with Crippen LogP contribution >= 0.6 is 0 Å². The van der Waals surface area contributed by atoms with Crippen LogP contribution in [-0.2, 0) is 10.2 Å². The predicted octanol–water partition coefficient (Wildman–Crippen LogP) is 5.34. The first-order valence-electron chi connectivity index (χ1n) is 10.8. The van der Waals surface area contributed by atoms with E-state index >= 15 is 0 Å². The molecule has 0 bridgehead atoms. The molecule has 1 aliphatic carbocycles. The zero-order valence-electron chi connectivity index (χ0n) is 18.9. The topological polar surface area (TPSA) is 83.0 Å². The van der Waals surface area contributed by atoms with E-state index in [2.05, 4.69) is 21.3 Å². The number of esters is 1. The van der Waals surface area contributed by atoms with Crippen LogP contribution in [-0.4, -0.2) is 33.0 Å². The number of halogens is 2. The summed E-state index contributed by atoms with van der Waals surface area (Å²) in [5, 5.41) is 8.28. The SMILES string of the molecule is COC(=O)c1cc(-n2nc(C(F)F)cc2-c2nc(C3(c4ccccc4C)CC3)no2)ccc1C. The number of carbonyl (C=O) groups excluding carboxylic acids is 1. The van der Waals surface area contributed by atoms with Crippen LogP contribution in [0.15, 0.2) is 53.1 Å². The lowest BCUT2D eigenvalue weighted by Gasteiger charge is -2.13. The van der Waals surface area contributed by atoms with Gasteiger partial charge in [-0.2, -0.15) is 10.1 Å². The number of alkyl halides is 2. The average Bonchev–Trinajstić information content (AvgIpc) is 3.27. The van der Waals surface area contributed by atoms with Gasteiger partial charge in [-0.3, -0.25) is 0 Å². The Bertz CT molecular complexity index is 1390. The molecule has 9 heteroatoms. The molecular weight excluding hydrogens is 442 g/mol. The van der Waals surface area contributed by atoms with Crippen LogP contribution in [0.3, 0.4) is 0 Å². The van der Waals surface area contributed by atoms with E-state index in [1.165, 1.54) is 17.9 Å². The lowest BCUT2D eigenvalue weighted by atomic mass is 9.91. The summed E-state index contributed by atoms with van der Waals surface area (Å²) in [5.41, 5.74) is 3.09. The molecule has 174 valence electrons. The molecule has 34 heavy (non-hydrogen) atoms. The number of rotatable bonds is 6. The number of methoxy groups -OCH3 is 1. The summed E-state index contributed by atoms with van der Waals surface area (Å²) < 4.78 is 38.8. The number of aromatic nitrogens is 4. The summed E-state index contributed by atoms with van der Waals surface area (Å²) >= 11 is 0. The fourth-order valence-electron chi connectivity index (χ4n) is 4.30. The Hall–Kier alpha value is -3.88. The summed E-state index contributed by atoms with van der Waals surface area (Å²) in [6.45, 7) is 3.80. The minimum Gasteiger partial charge on any atom is -0.465 e. The fraction of sp³-hybridized carbons (Fsp3) is 0.280. The van der Waals surface area contributed by atoms with Crippen molar-refractivity contribution in [2.45, 2.75) is 38.5 Å². The molecule has 0 saturated heterocycles. The molecule has 1 saturated carbocycles. The van der Waals surface area contributed by atoms with Crippen molar-refractivity contribution < 1.29 is 22.8 Å².